The lowest BCUT2D eigenvalue weighted by atomic mass is 10.1. The van der Waals surface area contributed by atoms with Gasteiger partial charge in [0, 0.05) is 6.04 Å². The molecule has 1 aliphatic rings. The van der Waals surface area contributed by atoms with Gasteiger partial charge in [-0.2, -0.15) is 0 Å². The average molecular weight is 262 g/mol. The van der Waals surface area contributed by atoms with Crippen molar-refractivity contribution in [2.24, 2.45) is 5.73 Å². The monoisotopic (exact) mass is 262 g/mol. The first kappa shape index (κ1) is 13.9. The van der Waals surface area contributed by atoms with Gasteiger partial charge in [0.05, 0.1) is 0 Å². The number of benzene rings is 1. The molecule has 0 radical (unpaired) electrons. The average Bonchev–Trinajstić information content (AvgIpc) is 2.79. The van der Waals surface area contributed by atoms with Gasteiger partial charge in [0.25, 0.3) is 5.91 Å². The van der Waals surface area contributed by atoms with Crippen LogP contribution in [0.4, 0.5) is 0 Å². The van der Waals surface area contributed by atoms with Crippen LogP contribution in [0, 0.1) is 0 Å². The van der Waals surface area contributed by atoms with Gasteiger partial charge < -0.3 is 15.8 Å². The van der Waals surface area contributed by atoms with E-state index in [1.165, 1.54) is 11.1 Å². The third-order valence-electron chi connectivity index (χ3n) is 3.61. The van der Waals surface area contributed by atoms with Crippen LogP contribution in [-0.2, 0) is 11.2 Å². The zero-order chi connectivity index (χ0) is 13.8. The van der Waals surface area contributed by atoms with Gasteiger partial charge in [-0.1, -0.05) is 19.9 Å². The Labute approximate surface area is 114 Å². The minimum atomic E-state index is -0.538. The summed E-state index contributed by atoms with van der Waals surface area (Å²) in [6, 6.07) is 6.52. The van der Waals surface area contributed by atoms with Crippen LogP contribution < -0.4 is 15.8 Å². The molecule has 0 bridgehead atoms. The van der Waals surface area contributed by atoms with Crippen molar-refractivity contribution in [3.8, 4) is 5.75 Å². The third kappa shape index (κ3) is 3.07. The van der Waals surface area contributed by atoms with Crippen LogP contribution in [0.3, 0.4) is 0 Å². The first-order chi connectivity index (χ1) is 9.15. The number of rotatable bonds is 6. The number of aryl methyl sites for hydroxylation is 1. The summed E-state index contributed by atoms with van der Waals surface area (Å²) in [5.74, 6) is 0.329. The number of nitrogens with two attached hydrogens (primary N) is 1. The molecule has 1 aromatic rings. The van der Waals surface area contributed by atoms with Crippen molar-refractivity contribution < 1.29 is 9.53 Å². The second-order valence-electron chi connectivity index (χ2n) is 4.93. The van der Waals surface area contributed by atoms with Crippen LogP contribution in [0.1, 0.15) is 43.9 Å². The van der Waals surface area contributed by atoms with E-state index >= 15 is 0 Å². The lowest BCUT2D eigenvalue weighted by Crippen LogP contribution is -2.33. The van der Waals surface area contributed by atoms with Crippen molar-refractivity contribution in [2.75, 3.05) is 6.54 Å². The number of carbonyl (C=O) groups excluding carboxylic acids is 1. The maximum absolute atomic E-state index is 11.2. The smallest absolute Gasteiger partial charge is 0.258 e. The lowest BCUT2D eigenvalue weighted by molar-refractivity contribution is -0.124. The number of primary amides is 1. The van der Waals surface area contributed by atoms with Gasteiger partial charge in [0.1, 0.15) is 5.75 Å². The maximum atomic E-state index is 11.2. The number of hydrogen-bond donors (Lipinski definition) is 2. The molecule has 0 heterocycles. The molecule has 0 aliphatic heterocycles. The molecule has 1 aliphatic carbocycles. The molecule has 2 rings (SSSR count). The minimum Gasteiger partial charge on any atom is -0.481 e. The van der Waals surface area contributed by atoms with Gasteiger partial charge in [-0.05, 0) is 49.1 Å². The van der Waals surface area contributed by atoms with Crippen LogP contribution >= 0.6 is 0 Å². The van der Waals surface area contributed by atoms with Gasteiger partial charge in [-0.25, -0.2) is 0 Å². The molecule has 1 amide bonds. The number of ether oxygens (including phenoxy) is 1. The second kappa shape index (κ2) is 6.06. The Hall–Kier alpha value is -1.55. The van der Waals surface area contributed by atoms with Crippen molar-refractivity contribution in [1.29, 1.82) is 0 Å². The lowest BCUT2D eigenvalue weighted by Gasteiger charge is -2.16. The molecular weight excluding hydrogens is 240 g/mol. The second-order valence-corrected chi connectivity index (χ2v) is 4.93. The van der Waals surface area contributed by atoms with Gasteiger partial charge in [0.15, 0.2) is 6.10 Å². The van der Waals surface area contributed by atoms with Crippen molar-refractivity contribution in [3.63, 3.8) is 0 Å². The maximum Gasteiger partial charge on any atom is 0.258 e. The fourth-order valence-electron chi connectivity index (χ4n) is 2.63. The van der Waals surface area contributed by atoms with Crippen LogP contribution in [0.2, 0.25) is 0 Å². The van der Waals surface area contributed by atoms with Crippen LogP contribution in [0.5, 0.6) is 5.75 Å². The fraction of sp³-hybridized carbons (Fsp3) is 0.533. The highest BCUT2D eigenvalue weighted by Crippen LogP contribution is 2.33. The van der Waals surface area contributed by atoms with Gasteiger partial charge >= 0.3 is 0 Å². The van der Waals surface area contributed by atoms with Crippen molar-refractivity contribution in [1.82, 2.24) is 5.32 Å². The molecule has 0 fully saturated rings. The van der Waals surface area contributed by atoms with Gasteiger partial charge in [-0.3, -0.25) is 4.79 Å². The first-order valence-electron chi connectivity index (χ1n) is 6.97. The first-order valence-corrected chi connectivity index (χ1v) is 6.97. The van der Waals surface area contributed by atoms with Crippen molar-refractivity contribution in [2.45, 2.75) is 45.3 Å². The molecule has 0 aromatic heterocycles. The predicted octanol–water partition coefficient (Wildman–Crippen LogP) is 1.93. The molecule has 0 saturated carbocycles. The minimum absolute atomic E-state index is 0.409. The van der Waals surface area contributed by atoms with Crippen molar-refractivity contribution >= 4 is 5.91 Å². The Kier molecular flexibility index (Phi) is 4.43. The van der Waals surface area contributed by atoms with E-state index in [0.717, 1.165) is 25.1 Å². The van der Waals surface area contributed by atoms with Crippen molar-refractivity contribution in [3.05, 3.63) is 29.3 Å². The Bertz CT molecular complexity index is 459. The molecule has 104 valence electrons. The normalized spacial score (nSPS) is 18.9. The van der Waals surface area contributed by atoms with E-state index < -0.39 is 12.0 Å². The Morgan fingerprint density at radius 2 is 2.32 bits per heavy atom. The molecule has 0 saturated heterocycles. The largest absolute Gasteiger partial charge is 0.481 e. The Balaban J connectivity index is 2.12. The number of hydrogen-bond acceptors (Lipinski definition) is 3. The molecule has 4 heteroatoms. The summed E-state index contributed by atoms with van der Waals surface area (Å²) in [4.78, 5) is 11.2. The predicted molar refractivity (Wildman–Crippen MR) is 75.1 cm³/mol. The number of amides is 1. The zero-order valence-corrected chi connectivity index (χ0v) is 11.6. The summed E-state index contributed by atoms with van der Waals surface area (Å²) in [6.07, 6.45) is 2.23. The van der Waals surface area contributed by atoms with E-state index in [1.54, 1.807) is 0 Å². The number of nitrogens with one attached hydrogen (secondary N) is 1. The number of carbonyl (C=O) groups is 1. The number of fused-ring (bicyclic) bond motifs is 1. The molecule has 0 spiro atoms. The molecule has 1 aromatic carbocycles. The molecule has 2 unspecified atom stereocenters. The van der Waals surface area contributed by atoms with Crippen LogP contribution in [0.15, 0.2) is 18.2 Å². The molecular formula is C15H22N2O2. The van der Waals surface area contributed by atoms with E-state index in [9.17, 15) is 4.79 Å². The Morgan fingerprint density at radius 1 is 1.53 bits per heavy atom. The molecule has 4 nitrogen and oxygen atoms in total. The van der Waals surface area contributed by atoms with E-state index in [1.807, 2.05) is 19.1 Å². The summed E-state index contributed by atoms with van der Waals surface area (Å²) < 4.78 is 5.65. The molecule has 3 N–H and O–H groups in total. The highest BCUT2D eigenvalue weighted by Gasteiger charge is 2.22. The summed E-state index contributed by atoms with van der Waals surface area (Å²) in [5, 5.41) is 3.48. The standard InChI is InChI=1S/C15H22N2O2/c1-3-14(15(16)18)19-11-6-7-12-10(9-11)5-8-13(12)17-4-2/h6-7,9,13-14,17H,3-5,8H2,1-2H3,(H2,16,18). The fourth-order valence-corrected chi connectivity index (χ4v) is 2.63. The van der Waals surface area contributed by atoms with Crippen LogP contribution in [0.25, 0.3) is 0 Å². The summed E-state index contributed by atoms with van der Waals surface area (Å²) in [6.45, 7) is 4.99. The SMILES string of the molecule is CCNC1CCc2cc(OC(CC)C(N)=O)ccc21. The quantitative estimate of drug-likeness (QED) is 0.823. The topological polar surface area (TPSA) is 64.3 Å². The third-order valence-corrected chi connectivity index (χ3v) is 3.61. The Morgan fingerprint density at radius 3 is 2.95 bits per heavy atom. The highest BCUT2D eigenvalue weighted by molar-refractivity contribution is 5.79. The summed E-state index contributed by atoms with van der Waals surface area (Å²) in [7, 11) is 0. The van der Waals surface area contributed by atoms with Crippen LogP contribution in [-0.4, -0.2) is 18.6 Å². The summed E-state index contributed by atoms with van der Waals surface area (Å²) in [5.41, 5.74) is 7.95. The van der Waals surface area contributed by atoms with E-state index in [4.69, 9.17) is 10.5 Å². The van der Waals surface area contributed by atoms with E-state index in [-0.39, 0.29) is 0 Å². The summed E-state index contributed by atoms with van der Waals surface area (Å²) >= 11 is 0. The zero-order valence-electron chi connectivity index (χ0n) is 11.6. The van der Waals surface area contributed by atoms with E-state index in [2.05, 4.69) is 18.3 Å². The van der Waals surface area contributed by atoms with Gasteiger partial charge in [-0.15, -0.1) is 0 Å². The molecule has 2 atom stereocenters. The highest BCUT2D eigenvalue weighted by atomic mass is 16.5. The van der Waals surface area contributed by atoms with Gasteiger partial charge in [0.2, 0.25) is 0 Å². The molecule has 19 heavy (non-hydrogen) atoms. The van der Waals surface area contributed by atoms with E-state index in [0.29, 0.717) is 12.5 Å².